The standard InChI is InChI=1S/C23H28N2O5S/c1-4-28-22(26)20-14(2)15(3)31-21(20)24-23(27)25-10-5-7-17(25)16-8-9-18-19(13-16)30-12-6-11-29-18/h8-9,13,17H,4-7,10-12H2,1-3H3,(H,24,27). The first-order chi connectivity index (χ1) is 15.0. The predicted octanol–water partition coefficient (Wildman–Crippen LogP) is 5.07. The number of likely N-dealkylation sites (tertiary alicyclic amines) is 1. The van der Waals surface area contributed by atoms with Crippen LogP contribution in [0.5, 0.6) is 11.5 Å². The van der Waals surface area contributed by atoms with Crippen molar-refractivity contribution in [3.63, 3.8) is 0 Å². The second kappa shape index (κ2) is 9.18. The molecule has 166 valence electrons. The highest BCUT2D eigenvalue weighted by atomic mass is 32.1. The highest BCUT2D eigenvalue weighted by molar-refractivity contribution is 7.16. The summed E-state index contributed by atoms with van der Waals surface area (Å²) in [5.41, 5.74) is 2.32. The Morgan fingerprint density at radius 2 is 1.97 bits per heavy atom. The number of nitrogens with zero attached hydrogens (tertiary/aromatic N) is 1. The van der Waals surface area contributed by atoms with Gasteiger partial charge in [0.15, 0.2) is 11.5 Å². The molecule has 1 fully saturated rings. The van der Waals surface area contributed by atoms with Crippen molar-refractivity contribution in [2.45, 2.75) is 46.1 Å². The maximum absolute atomic E-state index is 13.2. The molecule has 1 atom stereocenters. The largest absolute Gasteiger partial charge is 0.490 e. The monoisotopic (exact) mass is 444 g/mol. The molecule has 2 aromatic rings. The summed E-state index contributed by atoms with van der Waals surface area (Å²) in [6.45, 7) is 7.81. The first kappa shape index (κ1) is 21.5. The van der Waals surface area contributed by atoms with Gasteiger partial charge in [0.1, 0.15) is 5.00 Å². The summed E-state index contributed by atoms with van der Waals surface area (Å²) in [5, 5.41) is 3.52. The molecule has 0 bridgehead atoms. The number of urea groups is 1. The Morgan fingerprint density at radius 3 is 2.74 bits per heavy atom. The molecule has 7 nitrogen and oxygen atoms in total. The van der Waals surface area contributed by atoms with Gasteiger partial charge in [-0.3, -0.25) is 5.32 Å². The van der Waals surface area contributed by atoms with Gasteiger partial charge in [-0.1, -0.05) is 6.07 Å². The smallest absolute Gasteiger partial charge is 0.341 e. The molecule has 0 radical (unpaired) electrons. The molecule has 0 saturated carbocycles. The number of hydrogen-bond donors (Lipinski definition) is 1. The Labute approximate surface area is 186 Å². The molecule has 1 saturated heterocycles. The number of benzene rings is 1. The van der Waals surface area contributed by atoms with Crippen LogP contribution in [0.2, 0.25) is 0 Å². The summed E-state index contributed by atoms with van der Waals surface area (Å²) in [6, 6.07) is 5.66. The third kappa shape index (κ3) is 4.35. The minimum absolute atomic E-state index is 0.0506. The van der Waals surface area contributed by atoms with Gasteiger partial charge in [0.05, 0.1) is 31.4 Å². The SMILES string of the molecule is CCOC(=O)c1c(NC(=O)N2CCCC2c2ccc3c(c2)OCCCO3)sc(C)c1C. The van der Waals surface area contributed by atoms with Gasteiger partial charge in [-0.25, -0.2) is 9.59 Å². The van der Waals surface area contributed by atoms with Gasteiger partial charge < -0.3 is 19.1 Å². The molecule has 8 heteroatoms. The zero-order valence-corrected chi connectivity index (χ0v) is 19.0. The predicted molar refractivity (Wildman–Crippen MR) is 119 cm³/mol. The molecule has 0 spiro atoms. The summed E-state index contributed by atoms with van der Waals surface area (Å²) in [4.78, 5) is 28.5. The fourth-order valence-electron chi connectivity index (χ4n) is 4.08. The quantitative estimate of drug-likeness (QED) is 0.666. The van der Waals surface area contributed by atoms with Crippen LogP contribution < -0.4 is 14.8 Å². The van der Waals surface area contributed by atoms with Gasteiger partial charge in [0.25, 0.3) is 0 Å². The number of fused-ring (bicyclic) bond motifs is 1. The molecule has 1 N–H and O–H groups in total. The van der Waals surface area contributed by atoms with Crippen molar-refractivity contribution in [3.8, 4) is 11.5 Å². The fourth-order valence-corrected chi connectivity index (χ4v) is 5.11. The lowest BCUT2D eigenvalue weighted by Crippen LogP contribution is -2.34. The van der Waals surface area contributed by atoms with E-state index >= 15 is 0 Å². The van der Waals surface area contributed by atoms with Crippen molar-refractivity contribution in [1.82, 2.24) is 4.90 Å². The van der Waals surface area contributed by atoms with Crippen LogP contribution in [0.25, 0.3) is 0 Å². The van der Waals surface area contributed by atoms with E-state index in [1.807, 2.05) is 36.9 Å². The van der Waals surface area contributed by atoms with Crippen LogP contribution in [0.3, 0.4) is 0 Å². The Balaban J connectivity index is 1.55. The Morgan fingerprint density at radius 1 is 1.19 bits per heavy atom. The normalized spacial score (nSPS) is 17.9. The van der Waals surface area contributed by atoms with Crippen LogP contribution >= 0.6 is 11.3 Å². The molecule has 1 aromatic carbocycles. The summed E-state index contributed by atoms with van der Waals surface area (Å²) >= 11 is 1.40. The Kier molecular flexibility index (Phi) is 6.36. The lowest BCUT2D eigenvalue weighted by atomic mass is 10.0. The number of hydrogen-bond acceptors (Lipinski definition) is 6. The van der Waals surface area contributed by atoms with Gasteiger partial charge >= 0.3 is 12.0 Å². The van der Waals surface area contributed by atoms with Crippen LogP contribution in [0.4, 0.5) is 9.80 Å². The number of rotatable bonds is 4. The molecule has 3 heterocycles. The summed E-state index contributed by atoms with van der Waals surface area (Å²) in [7, 11) is 0. The minimum Gasteiger partial charge on any atom is -0.490 e. The zero-order valence-electron chi connectivity index (χ0n) is 18.2. The average molecular weight is 445 g/mol. The molecule has 2 aliphatic heterocycles. The lowest BCUT2D eigenvalue weighted by molar-refractivity contribution is 0.0527. The second-order valence-electron chi connectivity index (χ2n) is 7.75. The summed E-state index contributed by atoms with van der Waals surface area (Å²) in [5.74, 6) is 1.08. The number of anilines is 1. The van der Waals surface area contributed by atoms with E-state index in [0.717, 1.165) is 46.8 Å². The second-order valence-corrected chi connectivity index (χ2v) is 8.97. The highest BCUT2D eigenvalue weighted by Crippen LogP contribution is 2.39. The van der Waals surface area contributed by atoms with E-state index in [-0.39, 0.29) is 12.1 Å². The maximum atomic E-state index is 13.2. The molecule has 0 aliphatic carbocycles. The number of aryl methyl sites for hydroxylation is 1. The maximum Gasteiger partial charge on any atom is 0.341 e. The summed E-state index contributed by atoms with van der Waals surface area (Å²) in [6.07, 6.45) is 2.64. The molecular weight excluding hydrogens is 416 g/mol. The van der Waals surface area contributed by atoms with Gasteiger partial charge in [-0.15, -0.1) is 11.3 Å². The number of nitrogens with one attached hydrogen (secondary N) is 1. The molecular formula is C23H28N2O5S. The molecule has 31 heavy (non-hydrogen) atoms. The van der Waals surface area contributed by atoms with Crippen LogP contribution in [-0.2, 0) is 4.74 Å². The van der Waals surface area contributed by atoms with E-state index < -0.39 is 5.97 Å². The lowest BCUT2D eigenvalue weighted by Gasteiger charge is -2.26. The van der Waals surface area contributed by atoms with Gasteiger partial charge in [-0.05, 0) is 56.9 Å². The topological polar surface area (TPSA) is 77.1 Å². The minimum atomic E-state index is -0.402. The highest BCUT2D eigenvalue weighted by Gasteiger charge is 2.32. The van der Waals surface area contributed by atoms with Crippen molar-refractivity contribution < 1.29 is 23.8 Å². The van der Waals surface area contributed by atoms with E-state index in [0.29, 0.717) is 36.9 Å². The van der Waals surface area contributed by atoms with E-state index in [1.54, 1.807) is 6.92 Å². The average Bonchev–Trinajstić information content (AvgIpc) is 3.25. The third-order valence-electron chi connectivity index (χ3n) is 5.76. The Hall–Kier alpha value is -2.74. The van der Waals surface area contributed by atoms with E-state index in [2.05, 4.69) is 5.32 Å². The fraction of sp³-hybridized carbons (Fsp3) is 0.478. The van der Waals surface area contributed by atoms with E-state index in [9.17, 15) is 9.59 Å². The first-order valence-corrected chi connectivity index (χ1v) is 11.6. The molecule has 4 rings (SSSR count). The van der Waals surface area contributed by atoms with Crippen LogP contribution in [0.15, 0.2) is 18.2 Å². The van der Waals surface area contributed by atoms with Gasteiger partial charge in [0, 0.05) is 17.8 Å². The van der Waals surface area contributed by atoms with Crippen LogP contribution in [-0.4, -0.2) is 43.3 Å². The van der Waals surface area contributed by atoms with Crippen molar-refractivity contribution in [2.24, 2.45) is 0 Å². The van der Waals surface area contributed by atoms with Crippen molar-refractivity contribution in [1.29, 1.82) is 0 Å². The van der Waals surface area contributed by atoms with Crippen molar-refractivity contribution in [2.75, 3.05) is 31.7 Å². The van der Waals surface area contributed by atoms with Gasteiger partial charge in [0.2, 0.25) is 0 Å². The molecule has 1 unspecified atom stereocenters. The van der Waals surface area contributed by atoms with Gasteiger partial charge in [-0.2, -0.15) is 0 Å². The zero-order chi connectivity index (χ0) is 22.0. The van der Waals surface area contributed by atoms with Crippen molar-refractivity contribution in [3.05, 3.63) is 39.8 Å². The number of esters is 1. The van der Waals surface area contributed by atoms with E-state index in [4.69, 9.17) is 14.2 Å². The number of thiophene rings is 1. The summed E-state index contributed by atoms with van der Waals surface area (Å²) < 4.78 is 16.8. The number of ether oxygens (including phenoxy) is 3. The number of carbonyl (C=O) groups is 2. The van der Waals surface area contributed by atoms with Crippen molar-refractivity contribution >= 4 is 28.3 Å². The number of amides is 2. The first-order valence-electron chi connectivity index (χ1n) is 10.7. The van der Waals surface area contributed by atoms with Crippen LogP contribution in [0, 0.1) is 13.8 Å². The molecule has 2 aliphatic rings. The Bertz CT molecular complexity index is 987. The van der Waals surface area contributed by atoms with Crippen LogP contribution in [0.1, 0.15) is 58.6 Å². The van der Waals surface area contributed by atoms with E-state index in [1.165, 1.54) is 11.3 Å². The molecule has 2 amide bonds. The third-order valence-corrected chi connectivity index (χ3v) is 6.88. The number of carbonyl (C=O) groups excluding carboxylic acids is 2. The molecule has 1 aromatic heterocycles.